The van der Waals surface area contributed by atoms with Crippen molar-refractivity contribution in [1.29, 1.82) is 0 Å². The van der Waals surface area contributed by atoms with Gasteiger partial charge in [0, 0.05) is 6.07 Å². The maximum atomic E-state index is 12.9. The highest BCUT2D eigenvalue weighted by Gasteiger charge is 2.30. The molecule has 0 unspecified atom stereocenters. The summed E-state index contributed by atoms with van der Waals surface area (Å²) in [5, 5.41) is 0. The second-order valence-electron chi connectivity index (χ2n) is 7.64. The highest BCUT2D eigenvalue weighted by molar-refractivity contribution is 6.15. The highest BCUT2D eigenvalue weighted by atomic mass is 16.5. The first-order chi connectivity index (χ1) is 16.4. The van der Waals surface area contributed by atoms with Crippen LogP contribution >= 0.6 is 0 Å². The maximum absolute atomic E-state index is 12.9. The molecule has 1 aliphatic rings. The number of esters is 2. The second kappa shape index (κ2) is 9.62. The minimum atomic E-state index is -0.428. The minimum Gasteiger partial charge on any atom is -0.489 e. The molecule has 0 aromatic heterocycles. The van der Waals surface area contributed by atoms with Gasteiger partial charge in [-0.25, -0.2) is 9.59 Å². The van der Waals surface area contributed by atoms with Gasteiger partial charge in [-0.15, -0.1) is 0 Å². The summed E-state index contributed by atoms with van der Waals surface area (Å²) in [5.74, 6) is 0.145. The number of allylic oxidation sites excluding steroid dienone is 1. The number of hydrogen-bond donors (Lipinski definition) is 0. The van der Waals surface area contributed by atoms with Crippen molar-refractivity contribution in [2.75, 3.05) is 14.2 Å². The monoisotopic (exact) mass is 458 g/mol. The number of methoxy groups -OCH3 is 2. The summed E-state index contributed by atoms with van der Waals surface area (Å²) in [6.07, 6.45) is 1.63. The van der Waals surface area contributed by atoms with Gasteiger partial charge < -0.3 is 18.9 Å². The Morgan fingerprint density at radius 2 is 1.47 bits per heavy atom. The molecule has 0 radical (unpaired) electrons. The van der Waals surface area contributed by atoms with E-state index in [0.29, 0.717) is 33.8 Å². The zero-order valence-corrected chi connectivity index (χ0v) is 18.9. The van der Waals surface area contributed by atoms with E-state index in [9.17, 15) is 14.4 Å². The Morgan fingerprint density at radius 1 is 0.882 bits per heavy atom. The fraction of sp³-hybridized carbons (Fsp3) is 0.148. The smallest absolute Gasteiger partial charge is 0.337 e. The Hall–Kier alpha value is -4.39. The Labute approximate surface area is 196 Å². The Bertz CT molecular complexity index is 1290. The van der Waals surface area contributed by atoms with Gasteiger partial charge in [0.2, 0.25) is 5.78 Å². The van der Waals surface area contributed by atoms with E-state index in [2.05, 4.69) is 0 Å². The molecule has 0 N–H and O–H groups in total. The summed E-state index contributed by atoms with van der Waals surface area (Å²) in [6, 6.07) is 17.1. The van der Waals surface area contributed by atoms with Crippen LogP contribution in [0.3, 0.4) is 0 Å². The van der Waals surface area contributed by atoms with Crippen LogP contribution in [0.5, 0.6) is 11.5 Å². The van der Waals surface area contributed by atoms with Crippen LogP contribution in [0, 0.1) is 6.92 Å². The average molecular weight is 458 g/mol. The molecule has 7 nitrogen and oxygen atoms in total. The number of ketones is 1. The van der Waals surface area contributed by atoms with Crippen molar-refractivity contribution in [1.82, 2.24) is 0 Å². The third-order valence-corrected chi connectivity index (χ3v) is 5.35. The van der Waals surface area contributed by atoms with Crippen LogP contribution in [0.25, 0.3) is 6.08 Å². The number of hydrogen-bond acceptors (Lipinski definition) is 7. The lowest BCUT2D eigenvalue weighted by Gasteiger charge is -2.09. The highest BCUT2D eigenvalue weighted by Crippen LogP contribution is 2.37. The van der Waals surface area contributed by atoms with Crippen LogP contribution in [-0.2, 0) is 16.1 Å². The summed E-state index contributed by atoms with van der Waals surface area (Å²) in [5.41, 5.74) is 3.71. The summed E-state index contributed by atoms with van der Waals surface area (Å²) in [6.45, 7) is 2.11. The van der Waals surface area contributed by atoms with Gasteiger partial charge in [-0.3, -0.25) is 4.79 Å². The summed E-state index contributed by atoms with van der Waals surface area (Å²) in [7, 11) is 2.66. The van der Waals surface area contributed by atoms with Crippen molar-refractivity contribution in [3.05, 3.63) is 99.8 Å². The number of benzene rings is 3. The standard InChI is InChI=1S/C27H22O7/c1-16-12-21(33-15-18-6-10-20(11-7-18)27(30)32-3)14-22-24(16)25(28)23(34-22)13-17-4-8-19(9-5-17)26(29)31-2/h4-14H,15H2,1-3H3/b23-13-. The van der Waals surface area contributed by atoms with Crippen molar-refractivity contribution in [3.63, 3.8) is 0 Å². The van der Waals surface area contributed by atoms with Crippen LogP contribution in [0.2, 0.25) is 0 Å². The molecule has 0 bridgehead atoms. The van der Waals surface area contributed by atoms with Crippen molar-refractivity contribution in [2.45, 2.75) is 13.5 Å². The second-order valence-corrected chi connectivity index (χ2v) is 7.64. The lowest BCUT2D eigenvalue weighted by Crippen LogP contribution is -2.02. The average Bonchev–Trinajstić information content (AvgIpc) is 3.17. The predicted octanol–water partition coefficient (Wildman–Crippen LogP) is 4.76. The third-order valence-electron chi connectivity index (χ3n) is 5.35. The first-order valence-electron chi connectivity index (χ1n) is 10.5. The number of carbonyl (C=O) groups excluding carboxylic acids is 3. The predicted molar refractivity (Wildman–Crippen MR) is 124 cm³/mol. The lowest BCUT2D eigenvalue weighted by molar-refractivity contribution is 0.0592. The number of carbonyl (C=O) groups is 3. The molecular weight excluding hydrogens is 436 g/mol. The first kappa shape index (κ1) is 22.8. The van der Waals surface area contributed by atoms with Crippen LogP contribution in [-0.4, -0.2) is 31.9 Å². The molecule has 0 amide bonds. The van der Waals surface area contributed by atoms with E-state index in [-0.39, 0.29) is 18.1 Å². The molecule has 3 aromatic rings. The maximum Gasteiger partial charge on any atom is 0.337 e. The quantitative estimate of drug-likeness (QED) is 0.389. The third kappa shape index (κ3) is 4.68. The van der Waals surface area contributed by atoms with Crippen LogP contribution in [0.4, 0.5) is 0 Å². The van der Waals surface area contributed by atoms with E-state index in [1.54, 1.807) is 66.7 Å². The number of ether oxygens (including phenoxy) is 4. The van der Waals surface area contributed by atoms with Gasteiger partial charge in [-0.1, -0.05) is 24.3 Å². The van der Waals surface area contributed by atoms with Gasteiger partial charge >= 0.3 is 11.9 Å². The topological polar surface area (TPSA) is 88.1 Å². The van der Waals surface area contributed by atoms with Crippen molar-refractivity contribution in [2.24, 2.45) is 0 Å². The van der Waals surface area contributed by atoms with Gasteiger partial charge in [-0.05, 0) is 60.0 Å². The van der Waals surface area contributed by atoms with Crippen LogP contribution in [0.1, 0.15) is 47.8 Å². The molecule has 3 aromatic carbocycles. The molecule has 172 valence electrons. The van der Waals surface area contributed by atoms with Gasteiger partial charge in [-0.2, -0.15) is 0 Å². The van der Waals surface area contributed by atoms with E-state index >= 15 is 0 Å². The molecule has 0 saturated heterocycles. The zero-order chi connectivity index (χ0) is 24.2. The first-order valence-corrected chi connectivity index (χ1v) is 10.5. The molecule has 34 heavy (non-hydrogen) atoms. The molecule has 7 heteroatoms. The SMILES string of the molecule is COC(=O)c1ccc(/C=C2\Oc3cc(OCc4ccc(C(=O)OC)cc4)cc(C)c3C2=O)cc1. The molecule has 0 saturated carbocycles. The zero-order valence-electron chi connectivity index (χ0n) is 18.9. The number of rotatable bonds is 6. The molecule has 1 aliphatic heterocycles. The number of Topliss-reactive ketones (excluding diaryl/α,β-unsaturated/α-hetero) is 1. The van der Waals surface area contributed by atoms with Crippen molar-refractivity contribution >= 4 is 23.8 Å². The Kier molecular flexibility index (Phi) is 6.45. The Morgan fingerprint density at radius 3 is 2.06 bits per heavy atom. The fourth-order valence-corrected chi connectivity index (χ4v) is 3.57. The molecule has 0 fully saturated rings. The lowest BCUT2D eigenvalue weighted by atomic mass is 10.0. The van der Waals surface area contributed by atoms with Crippen LogP contribution < -0.4 is 9.47 Å². The number of aryl methyl sites for hydroxylation is 1. The summed E-state index contributed by atoms with van der Waals surface area (Å²) >= 11 is 0. The fourth-order valence-electron chi connectivity index (χ4n) is 3.57. The van der Waals surface area contributed by atoms with Crippen molar-refractivity contribution in [3.8, 4) is 11.5 Å². The van der Waals surface area contributed by atoms with Gasteiger partial charge in [0.15, 0.2) is 5.76 Å². The molecule has 0 atom stereocenters. The normalized spacial score (nSPS) is 13.3. The van der Waals surface area contributed by atoms with E-state index in [0.717, 1.165) is 11.1 Å². The van der Waals surface area contributed by atoms with E-state index in [1.165, 1.54) is 14.2 Å². The molecule has 0 aliphatic carbocycles. The van der Waals surface area contributed by atoms with Gasteiger partial charge in [0.25, 0.3) is 0 Å². The molecule has 0 spiro atoms. The molecular formula is C27H22O7. The number of fused-ring (bicyclic) bond motifs is 1. The van der Waals surface area contributed by atoms with Crippen LogP contribution in [0.15, 0.2) is 66.4 Å². The summed E-state index contributed by atoms with van der Waals surface area (Å²) < 4.78 is 21.1. The molecule has 4 rings (SSSR count). The van der Waals surface area contributed by atoms with E-state index in [4.69, 9.17) is 18.9 Å². The van der Waals surface area contributed by atoms with Crippen molar-refractivity contribution < 1.29 is 33.3 Å². The van der Waals surface area contributed by atoms with E-state index in [1.807, 2.05) is 6.92 Å². The minimum absolute atomic E-state index is 0.194. The Balaban J connectivity index is 1.48. The largest absolute Gasteiger partial charge is 0.489 e. The summed E-state index contributed by atoms with van der Waals surface area (Å²) in [4.78, 5) is 36.0. The van der Waals surface area contributed by atoms with Gasteiger partial charge in [0.05, 0.1) is 30.9 Å². The molecule has 1 heterocycles. The van der Waals surface area contributed by atoms with E-state index < -0.39 is 11.9 Å². The van der Waals surface area contributed by atoms with Gasteiger partial charge in [0.1, 0.15) is 18.1 Å².